The van der Waals surface area contributed by atoms with Gasteiger partial charge in [-0.15, -0.1) is 0 Å². The molecule has 1 aromatic rings. The van der Waals surface area contributed by atoms with Gasteiger partial charge in [0.05, 0.1) is 22.9 Å². The van der Waals surface area contributed by atoms with Crippen molar-refractivity contribution in [1.29, 1.82) is 0 Å². The molecule has 1 aliphatic rings. The number of carbonyl (C=O) groups excluding carboxylic acids is 1. The zero-order chi connectivity index (χ0) is 17.9. The van der Waals surface area contributed by atoms with Crippen molar-refractivity contribution in [3.8, 4) is 0 Å². The van der Waals surface area contributed by atoms with E-state index < -0.39 is 29.9 Å². The van der Waals surface area contributed by atoms with Gasteiger partial charge in [0.2, 0.25) is 0 Å². The Hall–Kier alpha value is -2.03. The van der Waals surface area contributed by atoms with Gasteiger partial charge in [-0.05, 0) is 37.8 Å². The number of amides is 1. The van der Waals surface area contributed by atoms with Gasteiger partial charge in [-0.25, -0.2) is 4.39 Å². The summed E-state index contributed by atoms with van der Waals surface area (Å²) in [6.45, 7) is 0. The van der Waals surface area contributed by atoms with Crippen molar-refractivity contribution in [2.24, 2.45) is 5.92 Å². The number of alkyl halides is 3. The van der Waals surface area contributed by atoms with Crippen LogP contribution in [-0.4, -0.2) is 30.4 Å². The predicted octanol–water partition coefficient (Wildman–Crippen LogP) is 3.52. The summed E-state index contributed by atoms with van der Waals surface area (Å²) >= 11 is 0. The molecule has 0 bridgehead atoms. The number of anilines is 2. The van der Waals surface area contributed by atoms with Gasteiger partial charge in [-0.2, -0.15) is 13.2 Å². The average Bonchev–Trinajstić information content (AvgIpc) is 2.54. The maximum atomic E-state index is 14.0. The SMILES string of the molecule is CNc1cc(F)c(C(=O)N[C@H]2CC[C@H](C(F)(F)F)CC2)cc1NO. The van der Waals surface area contributed by atoms with E-state index in [1.165, 1.54) is 7.05 Å². The number of carbonyl (C=O) groups is 1. The van der Waals surface area contributed by atoms with Crippen LogP contribution in [0.1, 0.15) is 36.0 Å². The largest absolute Gasteiger partial charge is 0.391 e. The third-order valence-electron chi connectivity index (χ3n) is 4.27. The number of nitrogens with one attached hydrogen (secondary N) is 3. The summed E-state index contributed by atoms with van der Waals surface area (Å²) in [4.78, 5) is 12.2. The Labute approximate surface area is 136 Å². The molecule has 0 radical (unpaired) electrons. The van der Waals surface area contributed by atoms with Crippen LogP contribution in [0.2, 0.25) is 0 Å². The number of benzene rings is 1. The molecule has 1 amide bonds. The second kappa shape index (κ2) is 7.25. The summed E-state index contributed by atoms with van der Waals surface area (Å²) < 4.78 is 51.9. The monoisotopic (exact) mass is 349 g/mol. The highest BCUT2D eigenvalue weighted by molar-refractivity contribution is 5.96. The van der Waals surface area contributed by atoms with Crippen LogP contribution >= 0.6 is 0 Å². The third-order valence-corrected chi connectivity index (χ3v) is 4.27. The van der Waals surface area contributed by atoms with Gasteiger partial charge in [-0.1, -0.05) is 0 Å². The summed E-state index contributed by atoms with van der Waals surface area (Å²) in [7, 11) is 1.52. The van der Waals surface area contributed by atoms with E-state index in [0.29, 0.717) is 0 Å². The number of hydrogen-bond donors (Lipinski definition) is 4. The zero-order valence-electron chi connectivity index (χ0n) is 13.0. The molecule has 5 nitrogen and oxygen atoms in total. The van der Waals surface area contributed by atoms with Crippen molar-refractivity contribution >= 4 is 17.3 Å². The van der Waals surface area contributed by atoms with Gasteiger partial charge < -0.3 is 10.6 Å². The van der Waals surface area contributed by atoms with Gasteiger partial charge in [0.1, 0.15) is 5.82 Å². The standard InChI is InChI=1S/C15H19F4N3O2/c1-20-12-7-11(16)10(6-13(12)22-24)14(23)21-9-4-2-8(3-5-9)15(17,18)19/h6-9,20,22,24H,2-5H2,1H3,(H,21,23)/t8-,9-. The Morgan fingerprint density at radius 2 is 1.79 bits per heavy atom. The maximum Gasteiger partial charge on any atom is 0.391 e. The number of halogens is 4. The van der Waals surface area contributed by atoms with Crippen LogP contribution in [0.4, 0.5) is 28.9 Å². The molecule has 1 aromatic carbocycles. The molecule has 0 aliphatic heterocycles. The van der Waals surface area contributed by atoms with Crippen LogP contribution in [0.3, 0.4) is 0 Å². The highest BCUT2D eigenvalue weighted by Crippen LogP contribution is 2.37. The predicted molar refractivity (Wildman–Crippen MR) is 80.6 cm³/mol. The van der Waals surface area contributed by atoms with Crippen molar-refractivity contribution in [3.05, 3.63) is 23.5 Å². The fourth-order valence-electron chi connectivity index (χ4n) is 2.87. The zero-order valence-corrected chi connectivity index (χ0v) is 13.0. The molecule has 0 heterocycles. The second-order valence-corrected chi connectivity index (χ2v) is 5.80. The summed E-state index contributed by atoms with van der Waals surface area (Å²) in [6, 6.07) is 1.76. The topological polar surface area (TPSA) is 73.4 Å². The highest BCUT2D eigenvalue weighted by atomic mass is 19.4. The molecule has 2 rings (SSSR count). The number of hydrogen-bond acceptors (Lipinski definition) is 4. The molecule has 9 heteroatoms. The van der Waals surface area contributed by atoms with Crippen LogP contribution in [0.25, 0.3) is 0 Å². The molecule has 0 atom stereocenters. The lowest BCUT2D eigenvalue weighted by molar-refractivity contribution is -0.182. The summed E-state index contributed by atoms with van der Waals surface area (Å²) in [5.74, 6) is -2.86. The van der Waals surface area contributed by atoms with Gasteiger partial charge >= 0.3 is 6.18 Å². The smallest absolute Gasteiger partial charge is 0.386 e. The molecule has 1 saturated carbocycles. The highest BCUT2D eigenvalue weighted by Gasteiger charge is 2.41. The molecule has 0 spiro atoms. The van der Waals surface area contributed by atoms with E-state index in [4.69, 9.17) is 5.21 Å². The first kappa shape index (κ1) is 18.3. The molecular formula is C15H19F4N3O2. The molecule has 134 valence electrons. The van der Waals surface area contributed by atoms with Gasteiger partial charge in [-0.3, -0.25) is 15.5 Å². The summed E-state index contributed by atoms with van der Waals surface area (Å²) in [5.41, 5.74) is 1.95. The molecule has 1 fully saturated rings. The first-order chi connectivity index (χ1) is 11.3. The van der Waals surface area contributed by atoms with Gasteiger partial charge in [0.25, 0.3) is 5.91 Å². The summed E-state index contributed by atoms with van der Waals surface area (Å²) in [5, 5.41) is 14.2. The lowest BCUT2D eigenvalue weighted by Crippen LogP contribution is -2.40. The van der Waals surface area contributed by atoms with Crippen LogP contribution < -0.4 is 16.1 Å². The fourth-order valence-corrected chi connectivity index (χ4v) is 2.87. The Bertz CT molecular complexity index is 599. The Kier molecular flexibility index (Phi) is 5.53. The second-order valence-electron chi connectivity index (χ2n) is 5.80. The lowest BCUT2D eigenvalue weighted by atomic mass is 9.85. The van der Waals surface area contributed by atoms with Crippen molar-refractivity contribution in [3.63, 3.8) is 0 Å². The van der Waals surface area contributed by atoms with Gasteiger partial charge in [0, 0.05) is 13.1 Å². The van der Waals surface area contributed by atoms with Crippen molar-refractivity contribution in [2.45, 2.75) is 37.9 Å². The van der Waals surface area contributed by atoms with E-state index in [1.807, 2.05) is 5.48 Å². The fraction of sp³-hybridized carbons (Fsp3) is 0.533. The summed E-state index contributed by atoms with van der Waals surface area (Å²) in [6.07, 6.45) is -3.95. The van der Waals surface area contributed by atoms with E-state index >= 15 is 0 Å². The third kappa shape index (κ3) is 4.08. The normalized spacial score (nSPS) is 21.2. The van der Waals surface area contributed by atoms with E-state index in [9.17, 15) is 22.4 Å². The van der Waals surface area contributed by atoms with E-state index in [-0.39, 0.29) is 42.6 Å². The molecule has 4 N–H and O–H groups in total. The average molecular weight is 349 g/mol. The quantitative estimate of drug-likeness (QED) is 0.496. The molecule has 24 heavy (non-hydrogen) atoms. The minimum atomic E-state index is -4.22. The van der Waals surface area contributed by atoms with Crippen molar-refractivity contribution < 1.29 is 27.6 Å². The molecule has 0 unspecified atom stereocenters. The molecular weight excluding hydrogens is 330 g/mol. The lowest BCUT2D eigenvalue weighted by Gasteiger charge is -2.30. The van der Waals surface area contributed by atoms with Crippen LogP contribution in [-0.2, 0) is 0 Å². The molecule has 0 saturated heterocycles. The van der Waals surface area contributed by atoms with E-state index in [0.717, 1.165) is 12.1 Å². The molecule has 1 aliphatic carbocycles. The Morgan fingerprint density at radius 1 is 1.17 bits per heavy atom. The van der Waals surface area contributed by atoms with Crippen molar-refractivity contribution in [2.75, 3.05) is 17.8 Å². The Morgan fingerprint density at radius 3 is 2.29 bits per heavy atom. The minimum absolute atomic E-state index is 0.0565. The minimum Gasteiger partial charge on any atom is -0.386 e. The van der Waals surface area contributed by atoms with E-state index in [1.54, 1.807) is 0 Å². The maximum absolute atomic E-state index is 14.0. The van der Waals surface area contributed by atoms with Crippen LogP contribution in [0.15, 0.2) is 12.1 Å². The van der Waals surface area contributed by atoms with Crippen LogP contribution in [0, 0.1) is 11.7 Å². The molecule has 0 aromatic heterocycles. The van der Waals surface area contributed by atoms with Crippen LogP contribution in [0.5, 0.6) is 0 Å². The van der Waals surface area contributed by atoms with Gasteiger partial charge in [0.15, 0.2) is 0 Å². The first-order valence-corrected chi connectivity index (χ1v) is 7.55. The van der Waals surface area contributed by atoms with Crippen molar-refractivity contribution in [1.82, 2.24) is 5.32 Å². The van der Waals surface area contributed by atoms with E-state index in [2.05, 4.69) is 10.6 Å². The number of rotatable bonds is 4. The Balaban J connectivity index is 2.03. The first-order valence-electron chi connectivity index (χ1n) is 7.55.